The van der Waals surface area contributed by atoms with Gasteiger partial charge in [-0.25, -0.2) is 4.39 Å². The van der Waals surface area contributed by atoms with Crippen molar-refractivity contribution in [1.29, 1.82) is 0 Å². The maximum absolute atomic E-state index is 14.7. The topological polar surface area (TPSA) is 66.4 Å². The number of anilines is 1. The maximum atomic E-state index is 14.7. The van der Waals surface area contributed by atoms with Crippen molar-refractivity contribution in [3.63, 3.8) is 0 Å². The van der Waals surface area contributed by atoms with Gasteiger partial charge in [0.2, 0.25) is 5.91 Å². The van der Waals surface area contributed by atoms with Crippen LogP contribution in [0.15, 0.2) is 60.7 Å². The molecule has 1 amide bonds. The number of aliphatic hydroxyl groups excluding tert-OH is 1. The molecule has 166 valence electrons. The van der Waals surface area contributed by atoms with Gasteiger partial charge in [0.15, 0.2) is 5.78 Å². The van der Waals surface area contributed by atoms with E-state index in [1.54, 1.807) is 48.5 Å². The fraction of sp³-hybridized carbons (Fsp3) is 0.259. The standard InChI is InChI=1S/C27H28FNO3/c1-16(2)10-26(31)21-12-20(24-9-8-17(3)11-25(24)28)13-22(14-21)27(32)19-6-5-7-23(15-19)29-18(4)30/h5-9,11-16,27,32H,10H2,1-4H3,(H,29,30). The fourth-order valence-electron chi connectivity index (χ4n) is 3.65. The van der Waals surface area contributed by atoms with Gasteiger partial charge in [-0.05, 0) is 71.5 Å². The zero-order valence-electron chi connectivity index (χ0n) is 18.8. The Labute approximate surface area is 188 Å². The predicted molar refractivity (Wildman–Crippen MR) is 125 cm³/mol. The molecule has 2 N–H and O–H groups in total. The van der Waals surface area contributed by atoms with E-state index >= 15 is 0 Å². The number of halogens is 1. The first-order chi connectivity index (χ1) is 15.1. The Morgan fingerprint density at radius 2 is 1.75 bits per heavy atom. The van der Waals surface area contributed by atoms with Crippen molar-refractivity contribution in [1.82, 2.24) is 0 Å². The minimum atomic E-state index is -1.05. The molecule has 3 aromatic rings. The van der Waals surface area contributed by atoms with Crippen LogP contribution in [0.1, 0.15) is 60.3 Å². The van der Waals surface area contributed by atoms with Gasteiger partial charge in [-0.2, -0.15) is 0 Å². The van der Waals surface area contributed by atoms with E-state index in [1.807, 2.05) is 26.8 Å². The Morgan fingerprint density at radius 1 is 1.00 bits per heavy atom. The summed E-state index contributed by atoms with van der Waals surface area (Å²) in [4.78, 5) is 24.2. The van der Waals surface area contributed by atoms with E-state index in [-0.39, 0.29) is 23.4 Å². The molecule has 0 heterocycles. The van der Waals surface area contributed by atoms with E-state index in [9.17, 15) is 19.1 Å². The van der Waals surface area contributed by atoms with Crippen molar-refractivity contribution >= 4 is 17.4 Å². The molecule has 1 unspecified atom stereocenters. The molecular formula is C27H28FNO3. The molecule has 5 heteroatoms. The Morgan fingerprint density at radius 3 is 2.41 bits per heavy atom. The molecule has 0 aliphatic carbocycles. The summed E-state index contributed by atoms with van der Waals surface area (Å²) in [5, 5.41) is 13.8. The number of aryl methyl sites for hydroxylation is 1. The van der Waals surface area contributed by atoms with Gasteiger partial charge in [-0.15, -0.1) is 0 Å². The molecular weight excluding hydrogens is 405 g/mol. The summed E-state index contributed by atoms with van der Waals surface area (Å²) in [5.74, 6) is -0.485. The van der Waals surface area contributed by atoms with Gasteiger partial charge < -0.3 is 10.4 Å². The van der Waals surface area contributed by atoms with E-state index < -0.39 is 6.10 Å². The van der Waals surface area contributed by atoms with Crippen LogP contribution in [0, 0.1) is 18.7 Å². The van der Waals surface area contributed by atoms with Gasteiger partial charge in [-0.1, -0.05) is 38.1 Å². The van der Waals surface area contributed by atoms with Crippen LogP contribution < -0.4 is 5.32 Å². The van der Waals surface area contributed by atoms with Gasteiger partial charge in [0.1, 0.15) is 11.9 Å². The molecule has 0 bridgehead atoms. The highest BCUT2D eigenvalue weighted by Gasteiger charge is 2.18. The lowest BCUT2D eigenvalue weighted by Crippen LogP contribution is -2.09. The number of rotatable bonds is 7. The summed E-state index contributed by atoms with van der Waals surface area (Å²) in [6.45, 7) is 7.15. The maximum Gasteiger partial charge on any atom is 0.221 e. The Bertz CT molecular complexity index is 1150. The van der Waals surface area contributed by atoms with Crippen LogP contribution in [0.25, 0.3) is 11.1 Å². The van der Waals surface area contributed by atoms with Crippen LogP contribution >= 0.6 is 0 Å². The second-order valence-corrected chi connectivity index (χ2v) is 8.56. The van der Waals surface area contributed by atoms with Crippen molar-refractivity contribution < 1.29 is 19.1 Å². The summed E-state index contributed by atoms with van der Waals surface area (Å²) < 4.78 is 14.7. The monoisotopic (exact) mass is 433 g/mol. The number of hydrogen-bond acceptors (Lipinski definition) is 3. The first-order valence-corrected chi connectivity index (χ1v) is 10.6. The predicted octanol–water partition coefficient (Wildman–Crippen LogP) is 6.07. The van der Waals surface area contributed by atoms with Gasteiger partial charge >= 0.3 is 0 Å². The normalized spacial score (nSPS) is 12.0. The second kappa shape index (κ2) is 9.88. The molecule has 0 spiro atoms. The number of Topliss-reactive ketones (excluding diaryl/α,β-unsaturated/α-hetero) is 1. The summed E-state index contributed by atoms with van der Waals surface area (Å²) in [6.07, 6.45) is -0.698. The van der Waals surface area contributed by atoms with Crippen LogP contribution in [0.4, 0.5) is 10.1 Å². The molecule has 0 aromatic heterocycles. The number of ketones is 1. The molecule has 0 fully saturated rings. The van der Waals surface area contributed by atoms with E-state index in [2.05, 4.69) is 5.32 Å². The quantitative estimate of drug-likeness (QED) is 0.445. The van der Waals surface area contributed by atoms with E-state index in [1.165, 1.54) is 13.0 Å². The molecule has 0 aliphatic heterocycles. The lowest BCUT2D eigenvalue weighted by atomic mass is 9.91. The lowest BCUT2D eigenvalue weighted by Gasteiger charge is -2.17. The highest BCUT2D eigenvalue weighted by molar-refractivity contribution is 5.97. The number of aliphatic hydroxyl groups is 1. The van der Waals surface area contributed by atoms with Crippen molar-refractivity contribution in [2.45, 2.75) is 40.2 Å². The minimum Gasteiger partial charge on any atom is -0.384 e. The summed E-state index contributed by atoms with van der Waals surface area (Å²) in [6, 6.07) is 16.9. The number of amides is 1. The van der Waals surface area contributed by atoms with E-state index in [0.717, 1.165) is 5.56 Å². The van der Waals surface area contributed by atoms with Crippen molar-refractivity contribution in [2.24, 2.45) is 5.92 Å². The molecule has 0 saturated heterocycles. The molecule has 0 radical (unpaired) electrons. The first-order valence-electron chi connectivity index (χ1n) is 10.6. The van der Waals surface area contributed by atoms with Crippen molar-refractivity contribution in [2.75, 3.05) is 5.32 Å². The third kappa shape index (κ3) is 5.68. The average molecular weight is 434 g/mol. The number of benzene rings is 3. The Kier molecular flexibility index (Phi) is 7.21. The van der Waals surface area contributed by atoms with Gasteiger partial charge in [-0.3, -0.25) is 9.59 Å². The molecule has 4 nitrogen and oxygen atoms in total. The zero-order valence-corrected chi connectivity index (χ0v) is 18.8. The number of nitrogens with one attached hydrogen (secondary N) is 1. The summed E-state index contributed by atoms with van der Waals surface area (Å²) >= 11 is 0. The zero-order chi connectivity index (χ0) is 23.4. The molecule has 0 saturated carbocycles. The van der Waals surface area contributed by atoms with Gasteiger partial charge in [0, 0.05) is 30.2 Å². The largest absolute Gasteiger partial charge is 0.384 e. The second-order valence-electron chi connectivity index (χ2n) is 8.56. The van der Waals surface area contributed by atoms with Crippen LogP contribution in [-0.4, -0.2) is 16.8 Å². The third-order valence-electron chi connectivity index (χ3n) is 5.15. The molecule has 1 atom stereocenters. The van der Waals surface area contributed by atoms with E-state index in [4.69, 9.17) is 0 Å². The lowest BCUT2D eigenvalue weighted by molar-refractivity contribution is -0.114. The molecule has 32 heavy (non-hydrogen) atoms. The summed E-state index contributed by atoms with van der Waals surface area (Å²) in [7, 11) is 0. The van der Waals surface area contributed by atoms with Gasteiger partial charge in [0.25, 0.3) is 0 Å². The number of carbonyl (C=O) groups is 2. The van der Waals surface area contributed by atoms with Crippen LogP contribution in [-0.2, 0) is 4.79 Å². The third-order valence-corrected chi connectivity index (χ3v) is 5.15. The minimum absolute atomic E-state index is 0.0604. The SMILES string of the molecule is CC(=O)Nc1cccc(C(O)c2cc(C(=O)CC(C)C)cc(-c3ccc(C)cc3F)c2)c1. The van der Waals surface area contributed by atoms with Crippen molar-refractivity contribution in [3.8, 4) is 11.1 Å². The number of carbonyl (C=O) groups excluding carboxylic acids is 2. The Hall–Kier alpha value is -3.31. The van der Waals surface area contributed by atoms with Gasteiger partial charge in [0.05, 0.1) is 0 Å². The smallest absolute Gasteiger partial charge is 0.221 e. The molecule has 3 aromatic carbocycles. The van der Waals surface area contributed by atoms with Crippen LogP contribution in [0.2, 0.25) is 0 Å². The first kappa shape index (κ1) is 23.4. The van der Waals surface area contributed by atoms with Crippen LogP contribution in [0.5, 0.6) is 0 Å². The average Bonchev–Trinajstić information content (AvgIpc) is 2.72. The van der Waals surface area contributed by atoms with Crippen molar-refractivity contribution in [3.05, 3.63) is 88.7 Å². The fourth-order valence-corrected chi connectivity index (χ4v) is 3.65. The van der Waals surface area contributed by atoms with Crippen LogP contribution in [0.3, 0.4) is 0 Å². The number of hydrogen-bond donors (Lipinski definition) is 2. The highest BCUT2D eigenvalue weighted by atomic mass is 19.1. The molecule has 0 aliphatic rings. The van der Waals surface area contributed by atoms with E-state index in [0.29, 0.717) is 39.9 Å². The highest BCUT2D eigenvalue weighted by Crippen LogP contribution is 2.32. The summed E-state index contributed by atoms with van der Waals surface area (Å²) in [5.41, 5.74) is 3.73. The molecule has 3 rings (SSSR count). The Balaban J connectivity index is 2.10.